The SMILES string of the molecule is COc1cc2nccc(Oc3ccc4[nH]c(C)cc4c3F)c2cc1OC(=O)N1CCN(C)[C@@H](C)C1. The maximum atomic E-state index is 15.1. The fraction of sp³-hybridized carbons (Fsp3) is 0.308. The van der Waals surface area contributed by atoms with Gasteiger partial charge in [-0.2, -0.15) is 0 Å². The van der Waals surface area contributed by atoms with E-state index in [-0.39, 0.29) is 17.5 Å². The van der Waals surface area contributed by atoms with E-state index in [0.717, 1.165) is 12.2 Å². The molecule has 1 fully saturated rings. The van der Waals surface area contributed by atoms with Gasteiger partial charge >= 0.3 is 6.09 Å². The van der Waals surface area contributed by atoms with E-state index in [1.807, 2.05) is 14.0 Å². The van der Waals surface area contributed by atoms with Crippen molar-refractivity contribution < 1.29 is 23.4 Å². The Morgan fingerprint density at radius 2 is 1.91 bits per heavy atom. The minimum Gasteiger partial charge on any atom is -0.493 e. The number of aromatic amines is 1. The lowest BCUT2D eigenvalue weighted by Crippen LogP contribution is -2.52. The maximum absolute atomic E-state index is 15.1. The molecule has 2 aromatic heterocycles. The van der Waals surface area contributed by atoms with Gasteiger partial charge in [-0.15, -0.1) is 0 Å². The van der Waals surface area contributed by atoms with Crippen molar-refractivity contribution >= 4 is 27.9 Å². The fourth-order valence-electron chi connectivity index (χ4n) is 4.31. The van der Waals surface area contributed by atoms with Crippen LogP contribution in [0.1, 0.15) is 12.6 Å². The number of nitrogens with zero attached hydrogens (tertiary/aromatic N) is 3. The molecule has 1 N–H and O–H groups in total. The number of carbonyl (C=O) groups is 1. The molecule has 182 valence electrons. The van der Waals surface area contributed by atoms with Crippen molar-refractivity contribution in [3.05, 3.63) is 54.1 Å². The van der Waals surface area contributed by atoms with Crippen LogP contribution in [-0.2, 0) is 0 Å². The number of methoxy groups -OCH3 is 1. The minimum absolute atomic E-state index is 0.0878. The second kappa shape index (κ2) is 9.07. The number of fused-ring (bicyclic) bond motifs is 2. The number of nitrogens with one attached hydrogen (secondary N) is 1. The number of hydrogen-bond acceptors (Lipinski definition) is 6. The van der Waals surface area contributed by atoms with Gasteiger partial charge in [-0.25, -0.2) is 9.18 Å². The number of pyridine rings is 1. The number of piperazine rings is 1. The number of H-pyrrole nitrogens is 1. The highest BCUT2D eigenvalue weighted by atomic mass is 19.1. The molecule has 0 aliphatic carbocycles. The van der Waals surface area contributed by atoms with Crippen LogP contribution >= 0.6 is 0 Å². The highest BCUT2D eigenvalue weighted by Crippen LogP contribution is 2.38. The van der Waals surface area contributed by atoms with Crippen molar-refractivity contribution in [3.63, 3.8) is 0 Å². The molecule has 4 aromatic rings. The van der Waals surface area contributed by atoms with Crippen molar-refractivity contribution in [1.82, 2.24) is 19.8 Å². The molecule has 1 saturated heterocycles. The molecule has 5 rings (SSSR count). The summed E-state index contributed by atoms with van der Waals surface area (Å²) in [5.41, 5.74) is 2.12. The molecule has 0 unspecified atom stereocenters. The fourth-order valence-corrected chi connectivity index (χ4v) is 4.31. The van der Waals surface area contributed by atoms with E-state index in [9.17, 15) is 4.79 Å². The molecule has 9 heteroatoms. The third-order valence-corrected chi connectivity index (χ3v) is 6.46. The Balaban J connectivity index is 1.48. The standard InChI is InChI=1S/C26H27FN4O4/c1-15-11-18-19(29-15)5-6-22(25(18)27)34-21-7-8-28-20-13-23(33-4)24(12-17(20)21)35-26(32)31-10-9-30(3)16(2)14-31/h5-8,11-13,16,29H,9-10,14H2,1-4H3/t16-/m0/s1. The first kappa shape index (κ1) is 22.9. The summed E-state index contributed by atoms with van der Waals surface area (Å²) in [6, 6.07) is 10.3. The molecule has 1 amide bonds. The number of hydrogen-bond donors (Lipinski definition) is 1. The number of aromatic nitrogens is 2. The van der Waals surface area contributed by atoms with Crippen molar-refractivity contribution in [1.29, 1.82) is 0 Å². The third kappa shape index (κ3) is 4.35. The van der Waals surface area contributed by atoms with Gasteiger partial charge in [-0.1, -0.05) is 0 Å². The van der Waals surface area contributed by atoms with Crippen molar-refractivity contribution in [2.75, 3.05) is 33.8 Å². The van der Waals surface area contributed by atoms with E-state index in [0.29, 0.717) is 46.4 Å². The van der Waals surface area contributed by atoms with E-state index in [2.05, 4.69) is 21.8 Å². The number of carbonyl (C=O) groups excluding carboxylic acids is 1. The van der Waals surface area contributed by atoms with Crippen LogP contribution in [0.3, 0.4) is 0 Å². The quantitative estimate of drug-likeness (QED) is 0.440. The summed E-state index contributed by atoms with van der Waals surface area (Å²) >= 11 is 0. The largest absolute Gasteiger partial charge is 0.493 e. The lowest BCUT2D eigenvalue weighted by molar-refractivity contribution is 0.0931. The molecule has 8 nitrogen and oxygen atoms in total. The van der Waals surface area contributed by atoms with Crippen LogP contribution in [0.15, 0.2) is 42.6 Å². The normalized spacial score (nSPS) is 16.6. The third-order valence-electron chi connectivity index (χ3n) is 6.46. The molecule has 0 radical (unpaired) electrons. The zero-order valence-corrected chi connectivity index (χ0v) is 20.1. The zero-order chi connectivity index (χ0) is 24.7. The predicted molar refractivity (Wildman–Crippen MR) is 131 cm³/mol. The van der Waals surface area contributed by atoms with Gasteiger partial charge in [0.1, 0.15) is 5.75 Å². The van der Waals surface area contributed by atoms with Gasteiger partial charge < -0.3 is 29.0 Å². The van der Waals surface area contributed by atoms with Crippen molar-refractivity contribution in [3.8, 4) is 23.0 Å². The number of amides is 1. The Bertz CT molecular complexity index is 1420. The number of aryl methyl sites for hydroxylation is 1. The minimum atomic E-state index is -0.457. The second-order valence-corrected chi connectivity index (χ2v) is 8.87. The van der Waals surface area contributed by atoms with Gasteiger partial charge in [-0.3, -0.25) is 4.98 Å². The van der Waals surface area contributed by atoms with E-state index < -0.39 is 11.9 Å². The molecule has 3 heterocycles. The second-order valence-electron chi connectivity index (χ2n) is 8.87. The highest BCUT2D eigenvalue weighted by Gasteiger charge is 2.27. The molecule has 0 spiro atoms. The number of rotatable bonds is 4. The molecular formula is C26H27FN4O4. The van der Waals surface area contributed by atoms with Crippen LogP contribution in [0.5, 0.6) is 23.0 Å². The van der Waals surface area contributed by atoms with Crippen LogP contribution in [0.25, 0.3) is 21.8 Å². The number of halogens is 1. The Morgan fingerprint density at radius 1 is 1.09 bits per heavy atom. The van der Waals surface area contributed by atoms with Crippen LogP contribution < -0.4 is 14.2 Å². The first-order valence-corrected chi connectivity index (χ1v) is 11.4. The van der Waals surface area contributed by atoms with Gasteiger partial charge in [0.05, 0.1) is 12.6 Å². The van der Waals surface area contributed by atoms with Crippen molar-refractivity contribution in [2.45, 2.75) is 19.9 Å². The monoisotopic (exact) mass is 478 g/mol. The van der Waals surface area contributed by atoms with Crippen LogP contribution in [-0.4, -0.2) is 65.7 Å². The van der Waals surface area contributed by atoms with Crippen LogP contribution in [0.4, 0.5) is 9.18 Å². The molecule has 1 atom stereocenters. The van der Waals surface area contributed by atoms with Gasteiger partial charge in [0.2, 0.25) is 0 Å². The summed E-state index contributed by atoms with van der Waals surface area (Å²) in [5.74, 6) is 0.624. The van der Waals surface area contributed by atoms with Crippen LogP contribution in [0.2, 0.25) is 0 Å². The average Bonchev–Trinajstić information content (AvgIpc) is 3.23. The molecule has 35 heavy (non-hydrogen) atoms. The number of likely N-dealkylation sites (N-methyl/N-ethyl adjacent to an activating group) is 1. The molecule has 2 aromatic carbocycles. The number of benzene rings is 2. The topological polar surface area (TPSA) is 79.9 Å². The summed E-state index contributed by atoms with van der Waals surface area (Å²) in [5, 5.41) is 1.02. The molecular weight excluding hydrogens is 451 g/mol. The first-order chi connectivity index (χ1) is 16.8. The summed E-state index contributed by atoms with van der Waals surface area (Å²) in [7, 11) is 3.53. The van der Waals surface area contributed by atoms with Gasteiger partial charge in [-0.05, 0) is 51.2 Å². The van der Waals surface area contributed by atoms with Gasteiger partial charge in [0.25, 0.3) is 0 Å². The summed E-state index contributed by atoms with van der Waals surface area (Å²) < 4.78 is 32.3. The Labute approximate surface area is 202 Å². The van der Waals surface area contributed by atoms with E-state index in [1.54, 1.807) is 47.5 Å². The lowest BCUT2D eigenvalue weighted by atomic mass is 10.1. The smallest absolute Gasteiger partial charge is 0.415 e. The van der Waals surface area contributed by atoms with Crippen molar-refractivity contribution in [2.24, 2.45) is 0 Å². The Morgan fingerprint density at radius 3 is 2.69 bits per heavy atom. The average molecular weight is 479 g/mol. The Kier molecular flexibility index (Phi) is 5.94. The van der Waals surface area contributed by atoms with Gasteiger partial charge in [0, 0.05) is 59.9 Å². The molecule has 1 aliphatic heterocycles. The summed E-state index contributed by atoms with van der Waals surface area (Å²) in [6.45, 7) is 5.85. The predicted octanol–water partition coefficient (Wildman–Crippen LogP) is 5.10. The molecule has 0 bridgehead atoms. The first-order valence-electron chi connectivity index (χ1n) is 11.4. The zero-order valence-electron chi connectivity index (χ0n) is 20.1. The molecule has 0 saturated carbocycles. The maximum Gasteiger partial charge on any atom is 0.415 e. The number of ether oxygens (including phenoxy) is 3. The van der Waals surface area contributed by atoms with E-state index in [1.165, 1.54) is 7.11 Å². The molecule has 1 aliphatic rings. The van der Waals surface area contributed by atoms with Gasteiger partial charge in [0.15, 0.2) is 23.1 Å². The Hall–Kier alpha value is -3.85. The van der Waals surface area contributed by atoms with E-state index in [4.69, 9.17) is 14.2 Å². The lowest BCUT2D eigenvalue weighted by Gasteiger charge is -2.36. The summed E-state index contributed by atoms with van der Waals surface area (Å²) in [4.78, 5) is 24.3. The van der Waals surface area contributed by atoms with E-state index >= 15 is 4.39 Å². The van der Waals surface area contributed by atoms with Crippen LogP contribution in [0, 0.1) is 12.7 Å². The summed E-state index contributed by atoms with van der Waals surface area (Å²) in [6.07, 6.45) is 1.12. The highest BCUT2D eigenvalue weighted by molar-refractivity contribution is 5.89.